The van der Waals surface area contributed by atoms with Crippen LogP contribution >= 0.6 is 0 Å². The highest BCUT2D eigenvalue weighted by Crippen LogP contribution is 2.23. The lowest BCUT2D eigenvalue weighted by Gasteiger charge is -1.89. The number of benzene rings is 1. The summed E-state index contributed by atoms with van der Waals surface area (Å²) in [4.78, 5) is 13.5. The van der Waals surface area contributed by atoms with Crippen LogP contribution in [0.25, 0.3) is 11.0 Å². The highest BCUT2D eigenvalue weighted by Gasteiger charge is 2.03. The number of aryl methyl sites for hydroxylation is 1. The Labute approximate surface area is 73.9 Å². The second-order valence-electron chi connectivity index (χ2n) is 2.65. The van der Waals surface area contributed by atoms with E-state index in [4.69, 9.17) is 4.52 Å². The fourth-order valence-corrected chi connectivity index (χ4v) is 1.17. The maximum atomic E-state index is 10.0. The molecule has 0 aliphatic carbocycles. The first-order valence-electron chi connectivity index (χ1n) is 3.75. The molecule has 0 spiro atoms. The van der Waals surface area contributed by atoms with Gasteiger partial charge in [0, 0.05) is 5.39 Å². The van der Waals surface area contributed by atoms with Crippen LogP contribution in [0.3, 0.4) is 0 Å². The topological polar surface area (TPSA) is 55.5 Å². The molecule has 0 bridgehead atoms. The fraction of sp³-hybridized carbons (Fsp3) is 0.111. The molecule has 0 saturated carbocycles. The molecule has 0 unspecified atom stereocenters. The molecule has 0 amide bonds. The average Bonchev–Trinajstić information content (AvgIpc) is 2.49. The van der Waals surface area contributed by atoms with Gasteiger partial charge < -0.3 is 4.52 Å². The minimum Gasteiger partial charge on any atom is -0.356 e. The predicted molar refractivity (Wildman–Crippen MR) is 46.5 cm³/mol. The van der Waals surface area contributed by atoms with Crippen molar-refractivity contribution in [3.63, 3.8) is 0 Å². The molecule has 0 aliphatic heterocycles. The Hall–Kier alpha value is -1.93. The summed E-state index contributed by atoms with van der Waals surface area (Å²) in [5.41, 5.74) is 2.05. The van der Waals surface area contributed by atoms with Gasteiger partial charge in [-0.3, -0.25) is 0 Å². The summed E-state index contributed by atoms with van der Waals surface area (Å²) in [6.45, 7) is 1.83. The van der Waals surface area contributed by atoms with Gasteiger partial charge in [0.15, 0.2) is 5.58 Å². The molecule has 0 atom stereocenters. The molecule has 0 aliphatic rings. The van der Waals surface area contributed by atoms with Crippen molar-refractivity contribution in [2.75, 3.05) is 0 Å². The van der Waals surface area contributed by atoms with E-state index in [1.807, 2.05) is 6.92 Å². The third kappa shape index (κ3) is 1.23. The number of fused-ring (bicyclic) bond motifs is 1. The minimum absolute atomic E-state index is 0.564. The fourth-order valence-electron chi connectivity index (χ4n) is 1.17. The highest BCUT2D eigenvalue weighted by molar-refractivity contribution is 5.82. The number of hydrogen-bond acceptors (Lipinski definition) is 4. The van der Waals surface area contributed by atoms with E-state index < -0.39 is 0 Å². The molecule has 2 aromatic rings. The van der Waals surface area contributed by atoms with Gasteiger partial charge in [-0.2, -0.15) is 4.99 Å². The molecule has 1 heterocycles. The Balaban J connectivity index is 2.72. The molecule has 2 rings (SSSR count). The summed E-state index contributed by atoms with van der Waals surface area (Å²) in [7, 11) is 0. The zero-order valence-electron chi connectivity index (χ0n) is 6.94. The van der Waals surface area contributed by atoms with E-state index in [0.717, 1.165) is 11.1 Å². The molecule has 1 aromatic carbocycles. The van der Waals surface area contributed by atoms with Crippen molar-refractivity contribution < 1.29 is 9.32 Å². The lowest BCUT2D eigenvalue weighted by Crippen LogP contribution is -1.69. The average molecular weight is 174 g/mol. The Morgan fingerprint density at radius 1 is 1.54 bits per heavy atom. The van der Waals surface area contributed by atoms with Crippen molar-refractivity contribution in [2.24, 2.45) is 4.99 Å². The van der Waals surface area contributed by atoms with Crippen LogP contribution in [0, 0.1) is 6.92 Å². The number of aliphatic imine (C=N–C) groups is 1. The van der Waals surface area contributed by atoms with Gasteiger partial charge in [0.25, 0.3) is 0 Å². The zero-order chi connectivity index (χ0) is 9.26. The van der Waals surface area contributed by atoms with Crippen molar-refractivity contribution in [3.8, 4) is 0 Å². The van der Waals surface area contributed by atoms with Crippen LogP contribution < -0.4 is 0 Å². The number of isocyanates is 1. The van der Waals surface area contributed by atoms with Crippen molar-refractivity contribution in [3.05, 3.63) is 23.9 Å². The molecule has 0 N–H and O–H groups in total. The van der Waals surface area contributed by atoms with E-state index in [2.05, 4.69) is 10.1 Å². The number of carbonyl (C=O) groups excluding carboxylic acids is 1. The maximum Gasteiger partial charge on any atom is 0.240 e. The minimum atomic E-state index is 0.564. The molecule has 13 heavy (non-hydrogen) atoms. The predicted octanol–water partition coefficient (Wildman–Crippen LogP) is 2.10. The molecule has 64 valence electrons. The quantitative estimate of drug-likeness (QED) is 0.491. The van der Waals surface area contributed by atoms with Crippen molar-refractivity contribution >= 4 is 22.7 Å². The number of hydrogen-bond donors (Lipinski definition) is 0. The van der Waals surface area contributed by atoms with Gasteiger partial charge in [-0.1, -0.05) is 5.16 Å². The molecule has 4 nitrogen and oxygen atoms in total. The van der Waals surface area contributed by atoms with Gasteiger partial charge in [-0.25, -0.2) is 4.79 Å². The second-order valence-corrected chi connectivity index (χ2v) is 2.65. The smallest absolute Gasteiger partial charge is 0.240 e. The van der Waals surface area contributed by atoms with Crippen molar-refractivity contribution in [1.82, 2.24) is 5.16 Å². The summed E-state index contributed by atoms with van der Waals surface area (Å²) in [6.07, 6.45) is 1.48. The molecule has 4 heteroatoms. The number of rotatable bonds is 1. The highest BCUT2D eigenvalue weighted by atomic mass is 16.5. The number of aromatic nitrogens is 1. The van der Waals surface area contributed by atoms with Crippen LogP contribution in [-0.2, 0) is 4.79 Å². The van der Waals surface area contributed by atoms with Gasteiger partial charge >= 0.3 is 0 Å². The molecule has 0 fully saturated rings. The van der Waals surface area contributed by atoms with Crippen LogP contribution in [0.15, 0.2) is 27.7 Å². The van der Waals surface area contributed by atoms with Crippen LogP contribution in [0.1, 0.15) is 5.69 Å². The Bertz CT molecular complexity index is 495. The van der Waals surface area contributed by atoms with E-state index in [0.29, 0.717) is 11.3 Å². The summed E-state index contributed by atoms with van der Waals surface area (Å²) in [6, 6.07) is 5.15. The van der Waals surface area contributed by atoms with E-state index in [9.17, 15) is 4.79 Å². The normalized spacial score (nSPS) is 9.92. The third-order valence-electron chi connectivity index (χ3n) is 1.81. The maximum absolute atomic E-state index is 10.0. The van der Waals surface area contributed by atoms with Gasteiger partial charge in [0.1, 0.15) is 0 Å². The summed E-state index contributed by atoms with van der Waals surface area (Å²) < 4.78 is 4.99. The lowest BCUT2D eigenvalue weighted by molar-refractivity contribution is 0.450. The van der Waals surface area contributed by atoms with E-state index in [1.54, 1.807) is 18.2 Å². The van der Waals surface area contributed by atoms with Crippen LogP contribution in [0.4, 0.5) is 5.69 Å². The first-order valence-corrected chi connectivity index (χ1v) is 3.75. The second kappa shape index (κ2) is 2.84. The standard InChI is InChI=1S/C9H6N2O2/c1-6-8-4-7(10-5-12)2-3-9(8)13-11-6/h2-4H,1H3. The molecular formula is C9H6N2O2. The van der Waals surface area contributed by atoms with Gasteiger partial charge in [-0.05, 0) is 25.1 Å². The van der Waals surface area contributed by atoms with Crippen molar-refractivity contribution in [2.45, 2.75) is 6.92 Å². The largest absolute Gasteiger partial charge is 0.356 e. The molecule has 0 saturated heterocycles. The lowest BCUT2D eigenvalue weighted by atomic mass is 10.2. The first kappa shape index (κ1) is 7.71. The Kier molecular flexibility index (Phi) is 1.69. The molecular weight excluding hydrogens is 168 g/mol. The van der Waals surface area contributed by atoms with E-state index >= 15 is 0 Å². The third-order valence-corrected chi connectivity index (χ3v) is 1.81. The van der Waals surface area contributed by atoms with Gasteiger partial charge in [0.05, 0.1) is 11.4 Å². The Morgan fingerprint density at radius 2 is 2.38 bits per heavy atom. The van der Waals surface area contributed by atoms with Crippen LogP contribution in [0.2, 0.25) is 0 Å². The van der Waals surface area contributed by atoms with Gasteiger partial charge in [-0.15, -0.1) is 0 Å². The van der Waals surface area contributed by atoms with E-state index in [1.165, 1.54) is 6.08 Å². The summed E-state index contributed by atoms with van der Waals surface area (Å²) in [5, 5.41) is 4.65. The van der Waals surface area contributed by atoms with Crippen LogP contribution in [-0.4, -0.2) is 11.2 Å². The van der Waals surface area contributed by atoms with E-state index in [-0.39, 0.29) is 0 Å². The summed E-state index contributed by atoms with van der Waals surface area (Å²) in [5.74, 6) is 0. The van der Waals surface area contributed by atoms with Crippen molar-refractivity contribution in [1.29, 1.82) is 0 Å². The van der Waals surface area contributed by atoms with Crippen LogP contribution in [0.5, 0.6) is 0 Å². The molecule has 1 aromatic heterocycles. The number of nitrogens with zero attached hydrogens (tertiary/aromatic N) is 2. The summed E-state index contributed by atoms with van der Waals surface area (Å²) >= 11 is 0. The molecule has 0 radical (unpaired) electrons. The zero-order valence-corrected chi connectivity index (χ0v) is 6.94. The van der Waals surface area contributed by atoms with Gasteiger partial charge in [0.2, 0.25) is 6.08 Å². The SMILES string of the molecule is Cc1noc2ccc(N=C=O)cc12. The Morgan fingerprint density at radius 3 is 3.15 bits per heavy atom. The first-order chi connectivity index (χ1) is 6.31. The monoisotopic (exact) mass is 174 g/mol.